The average molecular weight is 366 g/mol. The third-order valence-electron chi connectivity index (χ3n) is 5.34. The second-order valence-corrected chi connectivity index (χ2v) is 7.19. The molecular weight excluding hydrogens is 345 g/mol. The summed E-state index contributed by atoms with van der Waals surface area (Å²) in [6.07, 6.45) is -2.36. The van der Waals surface area contributed by atoms with Gasteiger partial charge in [0.25, 0.3) is 0 Å². The van der Waals surface area contributed by atoms with E-state index >= 15 is 0 Å². The summed E-state index contributed by atoms with van der Waals surface area (Å²) in [5.41, 5.74) is 2.12. The molecule has 1 aromatic carbocycles. The van der Waals surface area contributed by atoms with Crippen LogP contribution >= 0.6 is 0 Å². The average Bonchev–Trinajstić information content (AvgIpc) is 2.95. The Morgan fingerprint density at radius 3 is 2.31 bits per heavy atom. The molecule has 5 nitrogen and oxygen atoms in total. The monoisotopic (exact) mass is 366 g/mol. The molecule has 1 aromatic heterocycles. The number of halogens is 3. The molecule has 0 unspecified atom stereocenters. The van der Waals surface area contributed by atoms with E-state index in [1.165, 1.54) is 12.1 Å². The second-order valence-electron chi connectivity index (χ2n) is 7.19. The molecule has 140 valence electrons. The summed E-state index contributed by atoms with van der Waals surface area (Å²) in [7, 11) is 0. The molecule has 0 atom stereocenters. The summed E-state index contributed by atoms with van der Waals surface area (Å²) in [6.45, 7) is 6.13. The first-order valence-corrected chi connectivity index (χ1v) is 8.72. The van der Waals surface area contributed by atoms with E-state index < -0.39 is 6.36 Å². The molecule has 2 saturated heterocycles. The lowest BCUT2D eigenvalue weighted by atomic mass is 9.73. The van der Waals surface area contributed by atoms with Gasteiger partial charge in [-0.15, -0.1) is 13.2 Å². The van der Waals surface area contributed by atoms with Crippen molar-refractivity contribution in [3.63, 3.8) is 0 Å². The lowest BCUT2D eigenvalue weighted by Gasteiger charge is -2.48. The molecule has 0 amide bonds. The maximum Gasteiger partial charge on any atom is 0.573 e. The zero-order valence-electron chi connectivity index (χ0n) is 14.5. The Morgan fingerprint density at radius 2 is 1.77 bits per heavy atom. The topological polar surface area (TPSA) is 42.3 Å². The highest BCUT2D eigenvalue weighted by molar-refractivity contribution is 5.45. The van der Waals surface area contributed by atoms with Crippen molar-refractivity contribution in [1.82, 2.24) is 15.1 Å². The van der Waals surface area contributed by atoms with Crippen molar-refractivity contribution < 1.29 is 17.9 Å². The van der Waals surface area contributed by atoms with Crippen LogP contribution in [0.15, 0.2) is 30.3 Å². The number of aromatic nitrogens is 2. The minimum absolute atomic E-state index is 0.235. The molecule has 2 aliphatic heterocycles. The van der Waals surface area contributed by atoms with Crippen LogP contribution in [0.5, 0.6) is 5.75 Å². The normalized spacial score (nSPS) is 19.5. The maximum absolute atomic E-state index is 12.3. The first-order valence-electron chi connectivity index (χ1n) is 8.72. The molecule has 1 spiro atoms. The molecule has 2 aliphatic rings. The summed E-state index contributed by atoms with van der Waals surface area (Å²) in [5, 5.41) is 8.02. The molecule has 0 aliphatic carbocycles. The molecule has 3 heterocycles. The number of aryl methyl sites for hydroxylation is 1. The highest BCUT2D eigenvalue weighted by atomic mass is 19.4. The SMILES string of the molecule is Cc1cc(N2CCC3(CC2)CNC3)nn1-c1ccc(OC(F)(F)F)cc1. The van der Waals surface area contributed by atoms with E-state index in [1.54, 1.807) is 16.8 Å². The third-order valence-corrected chi connectivity index (χ3v) is 5.34. The van der Waals surface area contributed by atoms with Gasteiger partial charge in [-0.05, 0) is 49.4 Å². The summed E-state index contributed by atoms with van der Waals surface area (Å²) < 4.78 is 42.5. The molecule has 0 radical (unpaired) electrons. The Morgan fingerprint density at radius 1 is 1.12 bits per heavy atom. The van der Waals surface area contributed by atoms with E-state index in [-0.39, 0.29) is 5.75 Å². The minimum atomic E-state index is -4.68. The van der Waals surface area contributed by atoms with Crippen molar-refractivity contribution >= 4 is 5.82 Å². The van der Waals surface area contributed by atoms with Crippen molar-refractivity contribution in [2.24, 2.45) is 5.41 Å². The van der Waals surface area contributed by atoms with Gasteiger partial charge in [0.05, 0.1) is 5.69 Å². The van der Waals surface area contributed by atoms with Crippen LogP contribution in [0.2, 0.25) is 0 Å². The predicted octanol–water partition coefficient (Wildman–Crippen LogP) is 3.27. The van der Waals surface area contributed by atoms with Gasteiger partial charge in [0.15, 0.2) is 5.82 Å². The molecule has 26 heavy (non-hydrogen) atoms. The van der Waals surface area contributed by atoms with Crippen LogP contribution < -0.4 is 15.0 Å². The van der Waals surface area contributed by atoms with Gasteiger partial charge in [-0.3, -0.25) is 0 Å². The van der Waals surface area contributed by atoms with Crippen molar-refractivity contribution in [2.75, 3.05) is 31.1 Å². The van der Waals surface area contributed by atoms with Crippen LogP contribution in [-0.4, -0.2) is 42.3 Å². The van der Waals surface area contributed by atoms with Crippen LogP contribution in [0.3, 0.4) is 0 Å². The number of rotatable bonds is 3. The Kier molecular flexibility index (Phi) is 4.10. The molecule has 2 aromatic rings. The van der Waals surface area contributed by atoms with E-state index in [4.69, 9.17) is 0 Å². The van der Waals surface area contributed by atoms with Gasteiger partial charge in [0, 0.05) is 37.9 Å². The van der Waals surface area contributed by atoms with E-state index in [0.717, 1.165) is 50.5 Å². The predicted molar refractivity (Wildman–Crippen MR) is 91.7 cm³/mol. The fourth-order valence-electron chi connectivity index (χ4n) is 3.71. The molecule has 1 N–H and O–H groups in total. The number of piperidine rings is 1. The molecular formula is C18H21F3N4O. The van der Waals surface area contributed by atoms with Crippen molar-refractivity contribution in [2.45, 2.75) is 26.1 Å². The number of hydrogen-bond donors (Lipinski definition) is 1. The van der Waals surface area contributed by atoms with Gasteiger partial charge in [0.2, 0.25) is 0 Å². The van der Waals surface area contributed by atoms with Gasteiger partial charge >= 0.3 is 6.36 Å². The number of nitrogens with zero attached hydrogens (tertiary/aromatic N) is 3. The molecule has 4 rings (SSSR count). The standard InChI is InChI=1S/C18H21F3N4O/c1-13-10-16(24-8-6-17(7-9-24)11-22-12-17)23-25(13)14-2-4-15(5-3-14)26-18(19,20)21/h2-5,10,22H,6-9,11-12H2,1H3. The van der Waals surface area contributed by atoms with Crippen LogP contribution in [0.1, 0.15) is 18.5 Å². The third kappa shape index (κ3) is 3.38. The van der Waals surface area contributed by atoms with Gasteiger partial charge in [0.1, 0.15) is 5.75 Å². The van der Waals surface area contributed by atoms with Crippen LogP contribution in [0, 0.1) is 12.3 Å². The Labute approximate surface area is 149 Å². The zero-order valence-corrected chi connectivity index (χ0v) is 14.5. The first-order chi connectivity index (χ1) is 12.3. The van der Waals surface area contributed by atoms with E-state index in [0.29, 0.717) is 11.1 Å². The Balaban J connectivity index is 1.48. The quantitative estimate of drug-likeness (QED) is 0.905. The zero-order chi connectivity index (χ0) is 18.4. The largest absolute Gasteiger partial charge is 0.573 e. The van der Waals surface area contributed by atoms with Crippen LogP contribution in [0.25, 0.3) is 5.69 Å². The van der Waals surface area contributed by atoms with Gasteiger partial charge in [-0.1, -0.05) is 0 Å². The number of alkyl halides is 3. The van der Waals surface area contributed by atoms with Crippen LogP contribution in [-0.2, 0) is 0 Å². The minimum Gasteiger partial charge on any atom is -0.406 e. The maximum atomic E-state index is 12.3. The summed E-state index contributed by atoms with van der Waals surface area (Å²) >= 11 is 0. The Hall–Kier alpha value is -2.22. The van der Waals surface area contributed by atoms with Gasteiger partial charge in [-0.25, -0.2) is 4.68 Å². The number of nitrogens with one attached hydrogen (secondary N) is 1. The van der Waals surface area contributed by atoms with E-state index in [2.05, 4.69) is 20.1 Å². The van der Waals surface area contributed by atoms with Gasteiger partial charge in [-0.2, -0.15) is 5.10 Å². The molecule has 0 saturated carbocycles. The van der Waals surface area contributed by atoms with Crippen molar-refractivity contribution in [3.05, 3.63) is 36.0 Å². The molecule has 8 heteroatoms. The number of hydrogen-bond acceptors (Lipinski definition) is 4. The Bertz CT molecular complexity index is 771. The summed E-state index contributed by atoms with van der Waals surface area (Å²) in [4.78, 5) is 2.29. The number of benzene rings is 1. The summed E-state index contributed by atoms with van der Waals surface area (Å²) in [5.74, 6) is 0.682. The highest BCUT2D eigenvalue weighted by Gasteiger charge is 2.40. The molecule has 2 fully saturated rings. The van der Waals surface area contributed by atoms with E-state index in [1.807, 2.05) is 13.0 Å². The van der Waals surface area contributed by atoms with Crippen molar-refractivity contribution in [3.8, 4) is 11.4 Å². The lowest BCUT2D eigenvalue weighted by molar-refractivity contribution is -0.274. The fraction of sp³-hybridized carbons (Fsp3) is 0.500. The fourth-order valence-corrected chi connectivity index (χ4v) is 3.71. The van der Waals surface area contributed by atoms with E-state index in [9.17, 15) is 13.2 Å². The second kappa shape index (κ2) is 6.19. The number of ether oxygens (including phenoxy) is 1. The smallest absolute Gasteiger partial charge is 0.406 e. The number of anilines is 1. The van der Waals surface area contributed by atoms with Crippen LogP contribution in [0.4, 0.5) is 19.0 Å². The lowest BCUT2D eigenvalue weighted by Crippen LogP contribution is -2.58. The molecule has 0 bridgehead atoms. The highest BCUT2D eigenvalue weighted by Crippen LogP contribution is 2.36. The summed E-state index contributed by atoms with van der Waals surface area (Å²) in [6, 6.07) is 7.79. The first kappa shape index (κ1) is 17.2. The van der Waals surface area contributed by atoms with Crippen molar-refractivity contribution in [1.29, 1.82) is 0 Å². The van der Waals surface area contributed by atoms with Gasteiger partial charge < -0.3 is 15.0 Å².